The maximum Gasteiger partial charge on any atom is 0.159 e. The van der Waals surface area contributed by atoms with Gasteiger partial charge in [-0.1, -0.05) is 32.3 Å². The van der Waals surface area contributed by atoms with E-state index >= 15 is 0 Å². The normalized spacial score (nSPS) is 12.7. The van der Waals surface area contributed by atoms with Gasteiger partial charge in [0, 0.05) is 6.54 Å². The fourth-order valence-electron chi connectivity index (χ4n) is 1.75. The Morgan fingerprint density at radius 1 is 1.17 bits per heavy atom. The maximum atomic E-state index is 13.0. The summed E-state index contributed by atoms with van der Waals surface area (Å²) in [4.78, 5) is 0. The number of benzene rings is 1. The zero-order valence-electron chi connectivity index (χ0n) is 10.8. The van der Waals surface area contributed by atoms with Gasteiger partial charge in [0.15, 0.2) is 11.6 Å². The molecule has 1 rings (SSSR count). The molecule has 0 aliphatic carbocycles. The third-order valence-electron chi connectivity index (χ3n) is 2.87. The van der Waals surface area contributed by atoms with Gasteiger partial charge in [0.1, 0.15) is 0 Å². The summed E-state index contributed by atoms with van der Waals surface area (Å²) < 4.78 is 25.7. The Balaban J connectivity index is 2.27. The number of aliphatic hydroxyl groups is 1. The van der Waals surface area contributed by atoms with E-state index in [2.05, 4.69) is 12.2 Å². The monoisotopic (exact) mass is 257 g/mol. The first-order chi connectivity index (χ1) is 8.65. The summed E-state index contributed by atoms with van der Waals surface area (Å²) >= 11 is 0. The van der Waals surface area contributed by atoms with E-state index in [4.69, 9.17) is 0 Å². The number of halogens is 2. The van der Waals surface area contributed by atoms with E-state index in [1.165, 1.54) is 25.3 Å². The second-order valence-corrected chi connectivity index (χ2v) is 4.45. The van der Waals surface area contributed by atoms with Gasteiger partial charge in [0.25, 0.3) is 0 Å². The Hall–Kier alpha value is -1.00. The van der Waals surface area contributed by atoms with E-state index in [-0.39, 0.29) is 0 Å². The smallest absolute Gasteiger partial charge is 0.159 e. The lowest BCUT2D eigenvalue weighted by Gasteiger charge is -2.12. The van der Waals surface area contributed by atoms with E-state index in [0.29, 0.717) is 12.1 Å². The molecule has 0 saturated carbocycles. The van der Waals surface area contributed by atoms with Crippen LogP contribution in [0.3, 0.4) is 0 Å². The molecule has 0 aliphatic rings. The van der Waals surface area contributed by atoms with Crippen LogP contribution < -0.4 is 5.32 Å². The van der Waals surface area contributed by atoms with Crippen molar-refractivity contribution >= 4 is 0 Å². The van der Waals surface area contributed by atoms with Crippen LogP contribution in [0.25, 0.3) is 0 Å². The molecule has 0 spiro atoms. The van der Waals surface area contributed by atoms with Crippen LogP contribution >= 0.6 is 0 Å². The number of aliphatic hydroxyl groups excluding tert-OH is 1. The molecule has 0 fully saturated rings. The van der Waals surface area contributed by atoms with Crippen molar-refractivity contribution in [3.05, 3.63) is 35.4 Å². The molecule has 0 saturated heterocycles. The van der Waals surface area contributed by atoms with Gasteiger partial charge in [-0.3, -0.25) is 0 Å². The average molecular weight is 257 g/mol. The second kappa shape index (κ2) is 8.16. The largest absolute Gasteiger partial charge is 0.387 e. The molecule has 18 heavy (non-hydrogen) atoms. The highest BCUT2D eigenvalue weighted by Crippen LogP contribution is 2.15. The van der Waals surface area contributed by atoms with Gasteiger partial charge in [-0.25, -0.2) is 8.78 Å². The van der Waals surface area contributed by atoms with Crippen LogP contribution in [-0.4, -0.2) is 18.2 Å². The molecule has 2 N–H and O–H groups in total. The van der Waals surface area contributed by atoms with Gasteiger partial charge >= 0.3 is 0 Å². The maximum absolute atomic E-state index is 13.0. The standard InChI is InChI=1S/C14H21F2NO/c1-2-3-4-5-8-17-10-14(18)11-6-7-12(15)13(16)9-11/h6-7,9,14,17-18H,2-5,8,10H2,1H3. The third kappa shape index (κ3) is 5.10. The van der Waals surface area contributed by atoms with Crippen LogP contribution in [0.2, 0.25) is 0 Å². The van der Waals surface area contributed by atoms with Crippen LogP contribution in [0.15, 0.2) is 18.2 Å². The summed E-state index contributed by atoms with van der Waals surface area (Å²) in [6, 6.07) is 3.48. The fraction of sp³-hybridized carbons (Fsp3) is 0.571. The number of nitrogens with one attached hydrogen (secondary N) is 1. The van der Waals surface area contributed by atoms with Crippen molar-refractivity contribution in [1.82, 2.24) is 5.32 Å². The lowest BCUT2D eigenvalue weighted by molar-refractivity contribution is 0.174. The molecule has 0 radical (unpaired) electrons. The SMILES string of the molecule is CCCCCCNCC(O)c1ccc(F)c(F)c1. The molecule has 1 unspecified atom stereocenters. The van der Waals surface area contributed by atoms with Gasteiger partial charge < -0.3 is 10.4 Å². The summed E-state index contributed by atoms with van der Waals surface area (Å²) in [7, 11) is 0. The van der Waals surface area contributed by atoms with Crippen molar-refractivity contribution in [1.29, 1.82) is 0 Å². The minimum atomic E-state index is -0.922. The van der Waals surface area contributed by atoms with Crippen molar-refractivity contribution in [3.8, 4) is 0 Å². The topological polar surface area (TPSA) is 32.3 Å². The van der Waals surface area contributed by atoms with Crippen LogP contribution in [-0.2, 0) is 0 Å². The van der Waals surface area contributed by atoms with E-state index in [0.717, 1.165) is 25.1 Å². The highest BCUT2D eigenvalue weighted by Gasteiger charge is 2.10. The van der Waals surface area contributed by atoms with Crippen molar-refractivity contribution in [2.24, 2.45) is 0 Å². The molecular weight excluding hydrogens is 236 g/mol. The summed E-state index contributed by atoms with van der Waals surface area (Å²) in [6.07, 6.45) is 3.85. The molecule has 1 aromatic rings. The van der Waals surface area contributed by atoms with Crippen LogP contribution in [0, 0.1) is 11.6 Å². The molecule has 0 aliphatic heterocycles. The lowest BCUT2D eigenvalue weighted by atomic mass is 10.1. The van der Waals surface area contributed by atoms with Gasteiger partial charge in [-0.15, -0.1) is 0 Å². The molecule has 4 heteroatoms. The molecule has 102 valence electrons. The quantitative estimate of drug-likeness (QED) is 0.701. The van der Waals surface area contributed by atoms with E-state index in [1.54, 1.807) is 0 Å². The molecule has 0 aromatic heterocycles. The number of hydrogen-bond donors (Lipinski definition) is 2. The predicted molar refractivity (Wildman–Crippen MR) is 68.3 cm³/mol. The Morgan fingerprint density at radius 2 is 1.94 bits per heavy atom. The fourth-order valence-corrected chi connectivity index (χ4v) is 1.75. The first kappa shape index (κ1) is 15.1. The molecule has 1 aromatic carbocycles. The number of hydrogen-bond acceptors (Lipinski definition) is 2. The molecule has 0 amide bonds. The lowest BCUT2D eigenvalue weighted by Crippen LogP contribution is -2.22. The minimum Gasteiger partial charge on any atom is -0.387 e. The third-order valence-corrected chi connectivity index (χ3v) is 2.87. The Kier molecular flexibility index (Phi) is 6.83. The summed E-state index contributed by atoms with van der Waals surface area (Å²) in [5, 5.41) is 12.9. The summed E-state index contributed by atoms with van der Waals surface area (Å²) in [5.74, 6) is -1.81. The van der Waals surface area contributed by atoms with Gasteiger partial charge in [-0.05, 0) is 30.7 Å². The van der Waals surface area contributed by atoms with Crippen LogP contribution in [0.1, 0.15) is 44.3 Å². The molecular formula is C14H21F2NO. The van der Waals surface area contributed by atoms with E-state index < -0.39 is 17.7 Å². The van der Waals surface area contributed by atoms with Crippen molar-refractivity contribution in [3.63, 3.8) is 0 Å². The van der Waals surface area contributed by atoms with Crippen molar-refractivity contribution in [2.75, 3.05) is 13.1 Å². The van der Waals surface area contributed by atoms with Crippen LogP contribution in [0.5, 0.6) is 0 Å². The minimum absolute atomic E-state index is 0.358. The van der Waals surface area contributed by atoms with Gasteiger partial charge in [0.05, 0.1) is 6.10 Å². The first-order valence-corrected chi connectivity index (χ1v) is 6.49. The van der Waals surface area contributed by atoms with Crippen LogP contribution in [0.4, 0.5) is 8.78 Å². The second-order valence-electron chi connectivity index (χ2n) is 4.45. The van der Waals surface area contributed by atoms with E-state index in [9.17, 15) is 13.9 Å². The zero-order valence-corrected chi connectivity index (χ0v) is 10.8. The predicted octanol–water partition coefficient (Wildman–Crippen LogP) is 3.17. The highest BCUT2D eigenvalue weighted by molar-refractivity contribution is 5.20. The van der Waals surface area contributed by atoms with Gasteiger partial charge in [-0.2, -0.15) is 0 Å². The highest BCUT2D eigenvalue weighted by atomic mass is 19.2. The molecule has 0 bridgehead atoms. The number of unbranched alkanes of at least 4 members (excludes halogenated alkanes) is 3. The van der Waals surface area contributed by atoms with Crippen molar-refractivity contribution < 1.29 is 13.9 Å². The summed E-state index contributed by atoms with van der Waals surface area (Å²) in [6.45, 7) is 3.35. The summed E-state index contributed by atoms with van der Waals surface area (Å²) in [5.41, 5.74) is 0.398. The molecule has 2 nitrogen and oxygen atoms in total. The number of rotatable bonds is 8. The Morgan fingerprint density at radius 3 is 2.61 bits per heavy atom. The average Bonchev–Trinajstić information content (AvgIpc) is 2.36. The van der Waals surface area contributed by atoms with E-state index in [1.807, 2.05) is 0 Å². The Bertz CT molecular complexity index is 358. The zero-order chi connectivity index (χ0) is 13.4. The first-order valence-electron chi connectivity index (χ1n) is 6.49. The molecule has 0 heterocycles. The van der Waals surface area contributed by atoms with Gasteiger partial charge in [0.2, 0.25) is 0 Å². The molecule has 1 atom stereocenters. The Labute approximate surface area is 107 Å². The van der Waals surface area contributed by atoms with Crippen molar-refractivity contribution in [2.45, 2.75) is 38.7 Å².